The van der Waals surface area contributed by atoms with Gasteiger partial charge in [0.05, 0.1) is 12.1 Å². The summed E-state index contributed by atoms with van der Waals surface area (Å²) in [5, 5.41) is 2.77. The molecule has 1 N–H and O–H groups in total. The molecule has 0 aliphatic carbocycles. The van der Waals surface area contributed by atoms with Crippen LogP contribution in [-0.2, 0) is 14.3 Å². The van der Waals surface area contributed by atoms with Crippen LogP contribution in [0.25, 0.3) is 11.1 Å². The molecule has 0 aliphatic rings. The largest absolute Gasteiger partial charge is 0.452 e. The molecule has 2 rings (SSSR count). The van der Waals surface area contributed by atoms with Crippen molar-refractivity contribution in [2.24, 2.45) is 0 Å². The van der Waals surface area contributed by atoms with E-state index >= 15 is 0 Å². The third-order valence-electron chi connectivity index (χ3n) is 3.88. The maximum absolute atomic E-state index is 12.2. The van der Waals surface area contributed by atoms with Gasteiger partial charge in [-0.1, -0.05) is 42.5 Å². The Morgan fingerprint density at radius 1 is 0.929 bits per heavy atom. The number of likely N-dealkylation sites (N-methyl/N-ethyl adjacent to an activating group) is 1. The number of benzene rings is 2. The molecule has 0 saturated carbocycles. The average molecular weight is 382 g/mol. The van der Waals surface area contributed by atoms with Crippen LogP contribution in [0.5, 0.6) is 0 Å². The van der Waals surface area contributed by atoms with E-state index in [-0.39, 0.29) is 18.0 Å². The molecule has 0 bridgehead atoms. The summed E-state index contributed by atoms with van der Waals surface area (Å²) in [5.41, 5.74) is 2.02. The molecule has 148 valence electrons. The lowest BCUT2D eigenvalue weighted by molar-refractivity contribution is -0.137. The van der Waals surface area contributed by atoms with E-state index in [1.54, 1.807) is 12.1 Å². The van der Waals surface area contributed by atoms with Gasteiger partial charge in [-0.15, -0.1) is 0 Å². The smallest absolute Gasteiger partial charge is 0.338 e. The van der Waals surface area contributed by atoms with Crippen LogP contribution < -0.4 is 5.32 Å². The Morgan fingerprint density at radius 3 is 2.07 bits per heavy atom. The highest BCUT2D eigenvalue weighted by Gasteiger charge is 2.19. The van der Waals surface area contributed by atoms with Crippen LogP contribution in [0.4, 0.5) is 0 Å². The maximum atomic E-state index is 12.2. The average Bonchev–Trinajstić information content (AvgIpc) is 2.65. The number of nitrogens with one attached hydrogen (secondary N) is 1. The summed E-state index contributed by atoms with van der Waals surface area (Å²) < 4.78 is 5.08. The Bertz CT molecular complexity index is 824. The van der Waals surface area contributed by atoms with E-state index in [1.807, 2.05) is 63.2 Å². The molecule has 0 spiro atoms. The van der Waals surface area contributed by atoms with Crippen LogP contribution in [0.3, 0.4) is 0 Å². The predicted molar refractivity (Wildman–Crippen MR) is 108 cm³/mol. The van der Waals surface area contributed by atoms with Gasteiger partial charge in [-0.25, -0.2) is 4.79 Å². The van der Waals surface area contributed by atoms with Crippen molar-refractivity contribution in [3.63, 3.8) is 0 Å². The summed E-state index contributed by atoms with van der Waals surface area (Å²) in [5.74, 6) is -1.30. The van der Waals surface area contributed by atoms with Crippen LogP contribution in [0.2, 0.25) is 0 Å². The fourth-order valence-electron chi connectivity index (χ4n) is 2.51. The number of carbonyl (C=O) groups is 3. The van der Waals surface area contributed by atoms with Crippen molar-refractivity contribution >= 4 is 17.8 Å². The van der Waals surface area contributed by atoms with E-state index in [0.717, 1.165) is 11.1 Å². The van der Waals surface area contributed by atoms with Crippen LogP contribution in [-0.4, -0.2) is 48.4 Å². The van der Waals surface area contributed by atoms with Crippen molar-refractivity contribution in [1.82, 2.24) is 10.2 Å². The molecule has 6 nitrogen and oxygen atoms in total. The van der Waals surface area contributed by atoms with E-state index in [2.05, 4.69) is 5.32 Å². The molecule has 2 aromatic rings. The van der Waals surface area contributed by atoms with Gasteiger partial charge in [-0.05, 0) is 44.0 Å². The molecule has 0 atom stereocenters. The molecule has 0 saturated heterocycles. The molecule has 6 heteroatoms. The summed E-state index contributed by atoms with van der Waals surface area (Å²) in [6, 6.07) is 16.8. The van der Waals surface area contributed by atoms with Crippen molar-refractivity contribution in [3.05, 3.63) is 60.2 Å². The van der Waals surface area contributed by atoms with Gasteiger partial charge in [0.15, 0.2) is 6.61 Å². The predicted octanol–water partition coefficient (Wildman–Crippen LogP) is 2.88. The van der Waals surface area contributed by atoms with Gasteiger partial charge < -0.3 is 15.0 Å². The minimum absolute atomic E-state index is 0.0978. The second-order valence-corrected chi connectivity index (χ2v) is 7.57. The first kappa shape index (κ1) is 21.2. The molecule has 2 aromatic carbocycles. The molecular formula is C22H26N2O4. The number of rotatable bonds is 6. The molecule has 0 aliphatic heterocycles. The van der Waals surface area contributed by atoms with E-state index in [4.69, 9.17) is 4.74 Å². The van der Waals surface area contributed by atoms with Crippen LogP contribution in [0.1, 0.15) is 31.1 Å². The Morgan fingerprint density at radius 2 is 1.50 bits per heavy atom. The van der Waals surface area contributed by atoms with Crippen LogP contribution in [0, 0.1) is 0 Å². The number of carbonyl (C=O) groups excluding carboxylic acids is 3. The molecule has 0 aromatic heterocycles. The van der Waals surface area contributed by atoms with Crippen LogP contribution >= 0.6 is 0 Å². The number of hydrogen-bond donors (Lipinski definition) is 1. The number of hydrogen-bond acceptors (Lipinski definition) is 4. The van der Waals surface area contributed by atoms with Gasteiger partial charge in [0.1, 0.15) is 0 Å². The zero-order valence-corrected chi connectivity index (χ0v) is 16.7. The first-order chi connectivity index (χ1) is 13.2. The van der Waals surface area contributed by atoms with Crippen molar-refractivity contribution in [2.75, 3.05) is 20.2 Å². The standard InChI is InChI=1S/C22H26N2O4/c1-22(2,3)23-19(25)14-24(4)20(26)15-28-21(27)18-12-10-17(11-13-18)16-8-6-5-7-9-16/h5-13H,14-15H2,1-4H3,(H,23,25). The van der Waals surface area contributed by atoms with E-state index in [9.17, 15) is 14.4 Å². The maximum Gasteiger partial charge on any atom is 0.338 e. The molecule has 2 amide bonds. The van der Waals surface area contributed by atoms with Crippen molar-refractivity contribution in [1.29, 1.82) is 0 Å². The highest BCUT2D eigenvalue weighted by atomic mass is 16.5. The van der Waals surface area contributed by atoms with Gasteiger partial charge in [-0.2, -0.15) is 0 Å². The Labute approximate surface area is 165 Å². The molecule has 0 unspecified atom stereocenters. The van der Waals surface area contributed by atoms with Gasteiger partial charge in [0.2, 0.25) is 5.91 Å². The van der Waals surface area contributed by atoms with E-state index in [0.29, 0.717) is 5.56 Å². The molecule has 0 heterocycles. The first-order valence-corrected chi connectivity index (χ1v) is 9.03. The first-order valence-electron chi connectivity index (χ1n) is 9.03. The third kappa shape index (κ3) is 6.54. The summed E-state index contributed by atoms with van der Waals surface area (Å²) in [6.07, 6.45) is 0. The second kappa shape index (κ2) is 9.17. The minimum Gasteiger partial charge on any atom is -0.452 e. The summed E-state index contributed by atoms with van der Waals surface area (Å²) in [4.78, 5) is 37.3. The number of amides is 2. The molecule has 28 heavy (non-hydrogen) atoms. The van der Waals surface area contributed by atoms with Crippen molar-refractivity contribution in [2.45, 2.75) is 26.3 Å². The number of esters is 1. The molecular weight excluding hydrogens is 356 g/mol. The van der Waals surface area contributed by atoms with Crippen molar-refractivity contribution < 1.29 is 19.1 Å². The fraction of sp³-hybridized carbons (Fsp3) is 0.318. The minimum atomic E-state index is -0.583. The summed E-state index contributed by atoms with van der Waals surface area (Å²) in [6.45, 7) is 5.06. The fourth-order valence-corrected chi connectivity index (χ4v) is 2.51. The van der Waals surface area contributed by atoms with Crippen LogP contribution in [0.15, 0.2) is 54.6 Å². The summed E-state index contributed by atoms with van der Waals surface area (Å²) >= 11 is 0. The highest BCUT2D eigenvalue weighted by molar-refractivity contribution is 5.92. The highest BCUT2D eigenvalue weighted by Crippen LogP contribution is 2.19. The van der Waals surface area contributed by atoms with E-state index < -0.39 is 18.5 Å². The zero-order chi connectivity index (χ0) is 20.7. The Hall–Kier alpha value is -3.15. The van der Waals surface area contributed by atoms with Gasteiger partial charge in [0, 0.05) is 12.6 Å². The lowest BCUT2D eigenvalue weighted by Gasteiger charge is -2.23. The topological polar surface area (TPSA) is 75.7 Å². The monoisotopic (exact) mass is 382 g/mol. The Kier molecular flexibility index (Phi) is 6.93. The lowest BCUT2D eigenvalue weighted by atomic mass is 10.0. The van der Waals surface area contributed by atoms with Crippen molar-refractivity contribution in [3.8, 4) is 11.1 Å². The SMILES string of the molecule is CN(CC(=O)NC(C)(C)C)C(=O)COC(=O)c1ccc(-c2ccccc2)cc1. The normalized spacial score (nSPS) is 10.9. The molecule has 0 fully saturated rings. The lowest BCUT2D eigenvalue weighted by Crippen LogP contribution is -2.46. The Balaban J connectivity index is 1.86. The van der Waals surface area contributed by atoms with Gasteiger partial charge >= 0.3 is 5.97 Å². The number of nitrogens with zero attached hydrogens (tertiary/aromatic N) is 1. The summed E-state index contributed by atoms with van der Waals surface area (Å²) in [7, 11) is 1.49. The zero-order valence-electron chi connectivity index (χ0n) is 16.7. The van der Waals surface area contributed by atoms with Gasteiger partial charge in [0.25, 0.3) is 5.91 Å². The quantitative estimate of drug-likeness (QED) is 0.780. The third-order valence-corrected chi connectivity index (χ3v) is 3.88. The number of ether oxygens (including phenoxy) is 1. The second-order valence-electron chi connectivity index (χ2n) is 7.57. The van der Waals surface area contributed by atoms with E-state index in [1.165, 1.54) is 11.9 Å². The molecule has 0 radical (unpaired) electrons. The van der Waals surface area contributed by atoms with Gasteiger partial charge in [-0.3, -0.25) is 9.59 Å².